The van der Waals surface area contributed by atoms with Crippen molar-refractivity contribution in [3.63, 3.8) is 0 Å². The number of rotatable bonds is 5. The molecule has 20 heavy (non-hydrogen) atoms. The number of imidazole rings is 1. The summed E-state index contributed by atoms with van der Waals surface area (Å²) in [5, 5.41) is 0.671. The first-order valence-electron chi connectivity index (χ1n) is 6.16. The first kappa shape index (κ1) is 15.0. The maximum absolute atomic E-state index is 12.2. The predicted octanol–water partition coefficient (Wildman–Crippen LogP) is 2.74. The minimum Gasteiger partial charge on any atom is -0.335 e. The van der Waals surface area contributed by atoms with Crippen molar-refractivity contribution >= 4 is 21.6 Å². The van der Waals surface area contributed by atoms with Crippen LogP contribution in [0, 0.1) is 5.92 Å². The molecule has 0 radical (unpaired) electrons. The standard InChI is InChI=1S/C13H16ClN3O2S/c1-9(2)13(10-3-5-11(14)6-4-10)17-20(18,19)12-7-15-8-16-12/h3-9,13,17H,1-2H3,(H,15,16). The van der Waals surface area contributed by atoms with Crippen LogP contribution in [0.4, 0.5) is 0 Å². The smallest absolute Gasteiger partial charge is 0.258 e. The minimum atomic E-state index is -3.62. The molecule has 0 bridgehead atoms. The highest BCUT2D eigenvalue weighted by molar-refractivity contribution is 7.89. The van der Waals surface area contributed by atoms with Gasteiger partial charge in [-0.2, -0.15) is 0 Å². The molecule has 0 fully saturated rings. The minimum absolute atomic E-state index is 0.0529. The van der Waals surface area contributed by atoms with E-state index in [1.165, 1.54) is 12.5 Å². The number of aromatic amines is 1. The molecule has 0 spiro atoms. The SMILES string of the molecule is CC(C)C(NS(=O)(=O)c1cnc[nH]1)c1ccc(Cl)cc1. The molecule has 0 saturated carbocycles. The number of nitrogens with one attached hydrogen (secondary N) is 2. The van der Waals surface area contributed by atoms with Gasteiger partial charge in [0.2, 0.25) is 0 Å². The molecule has 0 amide bonds. The number of sulfonamides is 1. The zero-order chi connectivity index (χ0) is 14.8. The van der Waals surface area contributed by atoms with Crippen LogP contribution in [0.1, 0.15) is 25.5 Å². The summed E-state index contributed by atoms with van der Waals surface area (Å²) in [6.07, 6.45) is 2.61. The molecule has 0 aliphatic heterocycles. The van der Waals surface area contributed by atoms with Crippen LogP contribution in [0.3, 0.4) is 0 Å². The Labute approximate surface area is 123 Å². The van der Waals surface area contributed by atoms with E-state index >= 15 is 0 Å². The Morgan fingerprint density at radius 2 is 1.90 bits per heavy atom. The van der Waals surface area contributed by atoms with Crippen molar-refractivity contribution < 1.29 is 8.42 Å². The highest BCUT2D eigenvalue weighted by atomic mass is 35.5. The summed E-state index contributed by atoms with van der Waals surface area (Å²) < 4.78 is 27.2. The molecule has 0 aliphatic rings. The van der Waals surface area contributed by atoms with Crippen molar-refractivity contribution in [3.05, 3.63) is 47.4 Å². The second-order valence-corrected chi connectivity index (χ2v) is 6.93. The second-order valence-electron chi connectivity index (χ2n) is 4.81. The number of hydrogen-bond acceptors (Lipinski definition) is 3. The lowest BCUT2D eigenvalue weighted by Gasteiger charge is -2.22. The van der Waals surface area contributed by atoms with Crippen LogP contribution in [-0.2, 0) is 10.0 Å². The lowest BCUT2D eigenvalue weighted by atomic mass is 9.97. The molecule has 7 heteroatoms. The Morgan fingerprint density at radius 3 is 2.40 bits per heavy atom. The van der Waals surface area contributed by atoms with E-state index in [-0.39, 0.29) is 17.0 Å². The lowest BCUT2D eigenvalue weighted by Crippen LogP contribution is -2.32. The zero-order valence-electron chi connectivity index (χ0n) is 11.2. The third kappa shape index (κ3) is 3.39. The van der Waals surface area contributed by atoms with Crippen LogP contribution in [-0.4, -0.2) is 18.4 Å². The Kier molecular flexibility index (Phi) is 4.47. The van der Waals surface area contributed by atoms with E-state index < -0.39 is 10.0 Å². The van der Waals surface area contributed by atoms with E-state index in [9.17, 15) is 8.42 Å². The first-order chi connectivity index (χ1) is 9.40. The van der Waals surface area contributed by atoms with Crippen LogP contribution in [0.2, 0.25) is 5.02 Å². The van der Waals surface area contributed by atoms with Crippen LogP contribution in [0.15, 0.2) is 41.8 Å². The summed E-state index contributed by atoms with van der Waals surface area (Å²) in [7, 11) is -3.62. The third-order valence-corrected chi connectivity index (χ3v) is 4.56. The molecule has 5 nitrogen and oxygen atoms in total. The van der Waals surface area contributed by atoms with E-state index in [2.05, 4.69) is 14.7 Å². The van der Waals surface area contributed by atoms with Gasteiger partial charge in [-0.25, -0.2) is 18.1 Å². The van der Waals surface area contributed by atoms with Crippen molar-refractivity contribution in [1.29, 1.82) is 0 Å². The molecule has 1 aromatic heterocycles. The summed E-state index contributed by atoms with van der Waals surface area (Å²) in [6, 6.07) is 6.80. The molecule has 1 heterocycles. The first-order valence-corrected chi connectivity index (χ1v) is 8.02. The molecule has 1 aromatic carbocycles. The molecule has 2 aromatic rings. The second kappa shape index (κ2) is 5.95. The van der Waals surface area contributed by atoms with Gasteiger partial charge in [0.05, 0.1) is 12.5 Å². The van der Waals surface area contributed by atoms with Crippen molar-refractivity contribution in [1.82, 2.24) is 14.7 Å². The molecule has 2 rings (SSSR count). The Morgan fingerprint density at radius 1 is 1.25 bits per heavy atom. The van der Waals surface area contributed by atoms with Crippen LogP contribution in [0.5, 0.6) is 0 Å². The predicted molar refractivity (Wildman–Crippen MR) is 77.9 cm³/mol. The van der Waals surface area contributed by atoms with Gasteiger partial charge >= 0.3 is 0 Å². The van der Waals surface area contributed by atoms with Gasteiger partial charge in [0.25, 0.3) is 10.0 Å². The van der Waals surface area contributed by atoms with Crippen LogP contribution >= 0.6 is 11.6 Å². The highest BCUT2D eigenvalue weighted by Gasteiger charge is 2.24. The summed E-state index contributed by atoms with van der Waals surface area (Å²) in [4.78, 5) is 6.33. The van der Waals surface area contributed by atoms with Gasteiger partial charge in [0, 0.05) is 11.1 Å². The number of H-pyrrole nitrogens is 1. The van der Waals surface area contributed by atoms with Gasteiger partial charge in [-0.15, -0.1) is 0 Å². The van der Waals surface area contributed by atoms with Gasteiger partial charge < -0.3 is 4.98 Å². The van der Waals surface area contributed by atoms with Gasteiger partial charge in [-0.3, -0.25) is 0 Å². The van der Waals surface area contributed by atoms with Gasteiger partial charge in [0.15, 0.2) is 5.03 Å². The maximum Gasteiger partial charge on any atom is 0.258 e. The third-order valence-electron chi connectivity index (χ3n) is 2.94. The maximum atomic E-state index is 12.2. The van der Waals surface area contributed by atoms with E-state index in [0.29, 0.717) is 5.02 Å². The molecular formula is C13H16ClN3O2S. The number of halogens is 1. The summed E-state index contributed by atoms with van der Waals surface area (Å²) in [6.45, 7) is 3.91. The van der Waals surface area contributed by atoms with E-state index in [0.717, 1.165) is 5.56 Å². The molecule has 0 saturated heterocycles. The van der Waals surface area contributed by atoms with Crippen molar-refractivity contribution in [2.24, 2.45) is 5.92 Å². The zero-order valence-corrected chi connectivity index (χ0v) is 12.7. The number of aromatic nitrogens is 2. The Hall–Kier alpha value is -1.37. The van der Waals surface area contributed by atoms with Crippen LogP contribution < -0.4 is 4.72 Å². The Balaban J connectivity index is 2.29. The summed E-state index contributed by atoms with van der Waals surface area (Å²) >= 11 is 5.86. The molecule has 0 aliphatic carbocycles. The van der Waals surface area contributed by atoms with E-state index in [4.69, 9.17) is 11.6 Å². The normalized spacial score (nSPS) is 13.6. The van der Waals surface area contributed by atoms with Gasteiger partial charge in [0.1, 0.15) is 0 Å². The fraction of sp³-hybridized carbons (Fsp3) is 0.308. The van der Waals surface area contributed by atoms with E-state index in [1.807, 2.05) is 26.0 Å². The van der Waals surface area contributed by atoms with Crippen LogP contribution in [0.25, 0.3) is 0 Å². The summed E-state index contributed by atoms with van der Waals surface area (Å²) in [5.74, 6) is 0.0915. The number of benzene rings is 1. The van der Waals surface area contributed by atoms with Crippen molar-refractivity contribution in [2.75, 3.05) is 0 Å². The number of hydrogen-bond donors (Lipinski definition) is 2. The largest absolute Gasteiger partial charge is 0.335 e. The quantitative estimate of drug-likeness (QED) is 0.891. The molecular weight excluding hydrogens is 298 g/mol. The monoisotopic (exact) mass is 313 g/mol. The summed E-state index contributed by atoms with van der Waals surface area (Å²) in [5.41, 5.74) is 0.868. The lowest BCUT2D eigenvalue weighted by molar-refractivity contribution is 0.462. The fourth-order valence-corrected chi connectivity index (χ4v) is 3.28. The fourth-order valence-electron chi connectivity index (χ4n) is 1.88. The van der Waals surface area contributed by atoms with E-state index in [1.54, 1.807) is 12.1 Å². The Bertz CT molecular complexity index is 651. The molecule has 108 valence electrons. The highest BCUT2D eigenvalue weighted by Crippen LogP contribution is 2.25. The average Bonchev–Trinajstić information content (AvgIpc) is 2.91. The van der Waals surface area contributed by atoms with Gasteiger partial charge in [-0.05, 0) is 23.6 Å². The van der Waals surface area contributed by atoms with Crippen molar-refractivity contribution in [3.8, 4) is 0 Å². The average molecular weight is 314 g/mol. The van der Waals surface area contributed by atoms with Crippen molar-refractivity contribution in [2.45, 2.75) is 24.9 Å². The molecule has 2 N–H and O–H groups in total. The molecule has 1 atom stereocenters. The number of nitrogens with zero attached hydrogens (tertiary/aromatic N) is 1. The van der Waals surface area contributed by atoms with Gasteiger partial charge in [-0.1, -0.05) is 37.6 Å². The molecule has 1 unspecified atom stereocenters. The topological polar surface area (TPSA) is 74.8 Å².